The number of likely N-dealkylation sites (N-methyl/N-ethyl adjacent to an activating group) is 2. The lowest BCUT2D eigenvalue weighted by Gasteiger charge is -2.37. The predicted octanol–water partition coefficient (Wildman–Crippen LogP) is -1.04. The minimum atomic E-state index is -0.371. The van der Waals surface area contributed by atoms with Gasteiger partial charge in [-0.05, 0) is 52.0 Å². The van der Waals surface area contributed by atoms with Crippen molar-refractivity contribution in [3.63, 3.8) is 0 Å². The van der Waals surface area contributed by atoms with Gasteiger partial charge in [-0.25, -0.2) is 0 Å². The van der Waals surface area contributed by atoms with Gasteiger partial charge < -0.3 is 52.4 Å². The average molecular weight is 692 g/mol. The van der Waals surface area contributed by atoms with Crippen LogP contribution in [0.5, 0.6) is 0 Å². The molecule has 0 fully saturated rings. The van der Waals surface area contributed by atoms with Crippen LogP contribution >= 0.6 is 0 Å². The number of hydrogen-bond acceptors (Lipinski definition) is 6. The number of benzene rings is 2. The first-order valence-electron chi connectivity index (χ1n) is 13.5. The number of rotatable bonds is 19. The molecule has 0 bridgehead atoms. The summed E-state index contributed by atoms with van der Waals surface area (Å²) in [5.74, 6) is 0. The molecule has 226 valence electrons. The summed E-state index contributed by atoms with van der Waals surface area (Å²) in [6.07, 6.45) is 0. The maximum atomic E-state index is 10.9. The normalized spacial score (nSPS) is 11.4. The number of quaternary nitrogens is 2. The Bertz CT molecular complexity index is 919. The standard InChI is InChI=1S/C28H44N4O6.2BrH/c1-5-31(6-2,23-25-9-13-27(14-10-25)29(33)34)17-19-37-21-22-38-20-18-32(7-3,8-4)24-26-11-15-28(16-12-26)30(35)36;;/h9-16H,5-8,17-24H2,1-4H3;2*1H/q+2;;/p-2. The molecule has 0 aliphatic rings. The predicted molar refractivity (Wildman–Crippen MR) is 148 cm³/mol. The van der Waals surface area contributed by atoms with E-state index >= 15 is 0 Å². The molecule has 0 atom stereocenters. The Labute approximate surface area is 259 Å². The largest absolute Gasteiger partial charge is 1.00 e. The number of hydrogen-bond donors (Lipinski definition) is 0. The van der Waals surface area contributed by atoms with Gasteiger partial charge in [-0.3, -0.25) is 20.2 Å². The van der Waals surface area contributed by atoms with Crippen LogP contribution in [0.2, 0.25) is 0 Å². The lowest BCUT2D eigenvalue weighted by atomic mass is 10.1. The van der Waals surface area contributed by atoms with Crippen molar-refractivity contribution >= 4 is 11.4 Å². The summed E-state index contributed by atoms with van der Waals surface area (Å²) in [6.45, 7) is 18.2. The summed E-state index contributed by atoms with van der Waals surface area (Å²) in [6, 6.07) is 13.7. The first-order chi connectivity index (χ1) is 18.2. The van der Waals surface area contributed by atoms with E-state index in [0.29, 0.717) is 26.4 Å². The van der Waals surface area contributed by atoms with Crippen LogP contribution in [0.25, 0.3) is 0 Å². The molecule has 2 rings (SSSR count). The van der Waals surface area contributed by atoms with Crippen LogP contribution < -0.4 is 34.0 Å². The van der Waals surface area contributed by atoms with Crippen molar-refractivity contribution in [1.29, 1.82) is 0 Å². The molecule has 0 aliphatic carbocycles. The maximum Gasteiger partial charge on any atom is 0.269 e. The molecule has 2 aromatic rings. The zero-order chi connectivity index (χ0) is 28.0. The summed E-state index contributed by atoms with van der Waals surface area (Å²) in [4.78, 5) is 21.1. The highest BCUT2D eigenvalue weighted by Gasteiger charge is 2.25. The van der Waals surface area contributed by atoms with E-state index in [9.17, 15) is 20.2 Å². The van der Waals surface area contributed by atoms with Gasteiger partial charge in [0.05, 0.1) is 62.5 Å². The van der Waals surface area contributed by atoms with Gasteiger partial charge in [0, 0.05) is 35.4 Å². The summed E-state index contributed by atoms with van der Waals surface area (Å²) < 4.78 is 13.5. The molecule has 0 radical (unpaired) electrons. The second-order valence-electron chi connectivity index (χ2n) is 9.78. The van der Waals surface area contributed by atoms with Crippen LogP contribution in [0.1, 0.15) is 38.8 Å². The summed E-state index contributed by atoms with van der Waals surface area (Å²) in [5.41, 5.74) is 2.40. The number of nitro groups is 2. The Kier molecular flexibility index (Phi) is 18.3. The van der Waals surface area contributed by atoms with Crippen molar-refractivity contribution in [1.82, 2.24) is 0 Å². The van der Waals surface area contributed by atoms with Crippen molar-refractivity contribution in [3.8, 4) is 0 Å². The van der Waals surface area contributed by atoms with Crippen LogP contribution in [0.4, 0.5) is 11.4 Å². The number of halogens is 2. The maximum absolute atomic E-state index is 10.9. The highest BCUT2D eigenvalue weighted by atomic mass is 79.9. The van der Waals surface area contributed by atoms with E-state index in [1.54, 1.807) is 24.3 Å². The number of nitro benzene ring substituents is 2. The van der Waals surface area contributed by atoms with Gasteiger partial charge in [-0.15, -0.1) is 0 Å². The molecule has 0 saturated carbocycles. The third kappa shape index (κ3) is 11.9. The zero-order valence-corrected chi connectivity index (χ0v) is 27.3. The molecule has 40 heavy (non-hydrogen) atoms. The van der Waals surface area contributed by atoms with E-state index in [4.69, 9.17) is 9.47 Å². The van der Waals surface area contributed by atoms with Gasteiger partial charge in [0.15, 0.2) is 0 Å². The lowest BCUT2D eigenvalue weighted by Crippen LogP contribution is -3.00. The number of nitrogens with zero attached hydrogens (tertiary/aromatic N) is 4. The van der Waals surface area contributed by atoms with Crippen molar-refractivity contribution in [2.45, 2.75) is 40.8 Å². The van der Waals surface area contributed by atoms with Gasteiger partial charge in [0.1, 0.15) is 26.2 Å². The molecule has 0 amide bonds. The fourth-order valence-electron chi connectivity index (χ4n) is 4.74. The van der Waals surface area contributed by atoms with Gasteiger partial charge in [0.25, 0.3) is 11.4 Å². The van der Waals surface area contributed by atoms with Gasteiger partial charge >= 0.3 is 0 Å². The zero-order valence-electron chi connectivity index (χ0n) is 24.1. The molecular weight excluding hydrogens is 648 g/mol. The SMILES string of the molecule is CC[N+](CC)(CCOCCOCC[N+](CC)(CC)Cc1ccc([N+](=O)[O-])cc1)Cc1ccc([N+](=O)[O-])cc1.[Br-].[Br-]. The first kappa shape index (κ1) is 38.0. The molecule has 10 nitrogen and oxygen atoms in total. The fraction of sp³-hybridized carbons (Fsp3) is 0.571. The third-order valence-corrected chi connectivity index (χ3v) is 7.81. The highest BCUT2D eigenvalue weighted by molar-refractivity contribution is 5.33. The second-order valence-corrected chi connectivity index (χ2v) is 9.78. The van der Waals surface area contributed by atoms with Crippen molar-refractivity contribution in [3.05, 3.63) is 79.9 Å². The van der Waals surface area contributed by atoms with Gasteiger partial charge in [-0.1, -0.05) is 0 Å². The smallest absolute Gasteiger partial charge is 0.269 e. The summed E-state index contributed by atoms with van der Waals surface area (Å²) in [7, 11) is 0. The van der Waals surface area contributed by atoms with E-state index in [1.807, 2.05) is 24.3 Å². The average Bonchev–Trinajstić information content (AvgIpc) is 2.93. The summed E-state index contributed by atoms with van der Waals surface area (Å²) >= 11 is 0. The van der Waals surface area contributed by atoms with E-state index in [1.165, 1.54) is 0 Å². The Morgan fingerprint density at radius 2 is 0.875 bits per heavy atom. The second kappa shape index (κ2) is 19.2. The number of ether oxygens (including phenoxy) is 2. The quantitative estimate of drug-likeness (QED) is 0.0807. The van der Waals surface area contributed by atoms with E-state index in [-0.39, 0.29) is 55.2 Å². The monoisotopic (exact) mass is 690 g/mol. The van der Waals surface area contributed by atoms with Crippen molar-refractivity contribution < 1.29 is 62.2 Å². The third-order valence-electron chi connectivity index (χ3n) is 7.81. The Morgan fingerprint density at radius 3 is 1.12 bits per heavy atom. The molecule has 0 aliphatic heterocycles. The minimum Gasteiger partial charge on any atom is -1.00 e. The minimum absolute atomic E-state index is 0. The summed E-state index contributed by atoms with van der Waals surface area (Å²) in [5, 5.41) is 21.8. The molecule has 0 saturated heterocycles. The van der Waals surface area contributed by atoms with Crippen molar-refractivity contribution in [2.75, 3.05) is 65.7 Å². The van der Waals surface area contributed by atoms with Gasteiger partial charge in [-0.2, -0.15) is 0 Å². The van der Waals surface area contributed by atoms with Gasteiger partial charge in [0.2, 0.25) is 0 Å². The molecule has 0 unspecified atom stereocenters. The molecule has 0 aromatic heterocycles. The molecule has 2 aromatic carbocycles. The van der Waals surface area contributed by atoms with E-state index in [0.717, 1.165) is 72.5 Å². The first-order valence-corrected chi connectivity index (χ1v) is 13.5. The Balaban J connectivity index is 0.00000760. The van der Waals surface area contributed by atoms with Crippen molar-refractivity contribution in [2.24, 2.45) is 0 Å². The van der Waals surface area contributed by atoms with Crippen LogP contribution in [0, 0.1) is 20.2 Å². The fourth-order valence-corrected chi connectivity index (χ4v) is 4.74. The van der Waals surface area contributed by atoms with Crippen LogP contribution in [0.3, 0.4) is 0 Å². The van der Waals surface area contributed by atoms with Crippen LogP contribution in [-0.2, 0) is 22.6 Å². The van der Waals surface area contributed by atoms with E-state index < -0.39 is 0 Å². The Hall–Kier alpha value is -1.96. The molecule has 0 spiro atoms. The van der Waals surface area contributed by atoms with Crippen LogP contribution in [0.15, 0.2) is 48.5 Å². The topological polar surface area (TPSA) is 105 Å². The molecular formula is C28H44Br2N4O6. The number of non-ortho nitro benzene ring substituents is 2. The molecule has 0 N–H and O–H groups in total. The highest BCUT2D eigenvalue weighted by Crippen LogP contribution is 2.19. The Morgan fingerprint density at radius 1 is 0.575 bits per heavy atom. The van der Waals surface area contributed by atoms with E-state index in [2.05, 4.69) is 27.7 Å². The molecule has 0 heterocycles. The molecule has 12 heteroatoms. The lowest BCUT2D eigenvalue weighted by molar-refractivity contribution is -0.938. The van der Waals surface area contributed by atoms with Crippen LogP contribution in [-0.4, -0.2) is 84.5 Å².